The zero-order chi connectivity index (χ0) is 20.2. The van der Waals surface area contributed by atoms with Gasteiger partial charge in [0.2, 0.25) is 0 Å². The highest BCUT2D eigenvalue weighted by Crippen LogP contribution is 2.23. The van der Waals surface area contributed by atoms with Crippen LogP contribution >= 0.6 is 0 Å². The summed E-state index contributed by atoms with van der Waals surface area (Å²) in [5.74, 6) is -0.00566. The van der Waals surface area contributed by atoms with E-state index in [1.807, 2.05) is 6.20 Å². The molecule has 29 heavy (non-hydrogen) atoms. The van der Waals surface area contributed by atoms with Gasteiger partial charge in [-0.1, -0.05) is 32.1 Å². The molecule has 1 aliphatic heterocycles. The van der Waals surface area contributed by atoms with E-state index in [9.17, 15) is 4.79 Å². The zero-order valence-corrected chi connectivity index (χ0v) is 18.3. The van der Waals surface area contributed by atoms with Crippen molar-refractivity contribution >= 4 is 5.97 Å². The van der Waals surface area contributed by atoms with E-state index >= 15 is 0 Å². The van der Waals surface area contributed by atoms with Crippen LogP contribution in [0.15, 0.2) is 12.3 Å². The van der Waals surface area contributed by atoms with E-state index < -0.39 is 0 Å². The van der Waals surface area contributed by atoms with Crippen LogP contribution in [0.1, 0.15) is 93.9 Å². The van der Waals surface area contributed by atoms with Gasteiger partial charge in [-0.3, -0.25) is 9.78 Å². The summed E-state index contributed by atoms with van der Waals surface area (Å²) >= 11 is 0. The number of fused-ring (bicyclic) bond motifs is 1. The fourth-order valence-corrected chi connectivity index (χ4v) is 4.79. The third kappa shape index (κ3) is 8.08. The van der Waals surface area contributed by atoms with Crippen LogP contribution in [0.3, 0.4) is 0 Å². The maximum atomic E-state index is 11.8. The average Bonchev–Trinajstić information content (AvgIpc) is 2.75. The lowest BCUT2D eigenvalue weighted by atomic mass is 9.90. The molecule has 4 nitrogen and oxygen atoms in total. The predicted molar refractivity (Wildman–Crippen MR) is 118 cm³/mol. The molecule has 0 radical (unpaired) electrons. The molecule has 4 heteroatoms. The molecule has 0 atom stereocenters. The van der Waals surface area contributed by atoms with E-state index in [1.165, 1.54) is 82.0 Å². The van der Waals surface area contributed by atoms with E-state index in [4.69, 9.17) is 4.74 Å². The predicted octanol–water partition coefficient (Wildman–Crippen LogP) is 5.26. The highest BCUT2D eigenvalue weighted by molar-refractivity contribution is 5.69. The largest absolute Gasteiger partial charge is 0.466 e. The number of hydrogen-bond donors (Lipinski definition) is 0. The highest BCUT2D eigenvalue weighted by Gasteiger charge is 2.14. The van der Waals surface area contributed by atoms with Gasteiger partial charge in [0.1, 0.15) is 0 Å². The maximum Gasteiger partial charge on any atom is 0.305 e. The summed E-state index contributed by atoms with van der Waals surface area (Å²) in [7, 11) is 0. The quantitative estimate of drug-likeness (QED) is 0.646. The van der Waals surface area contributed by atoms with Gasteiger partial charge in [-0.05, 0) is 88.1 Å². The van der Waals surface area contributed by atoms with Crippen molar-refractivity contribution in [2.75, 3.05) is 26.2 Å². The molecule has 1 aliphatic carbocycles. The third-order valence-corrected chi connectivity index (χ3v) is 6.49. The topological polar surface area (TPSA) is 42.4 Å². The minimum absolute atomic E-state index is 0.00566. The number of pyridine rings is 1. The van der Waals surface area contributed by atoms with Gasteiger partial charge < -0.3 is 9.64 Å². The highest BCUT2D eigenvalue weighted by atomic mass is 16.5. The molecule has 0 saturated carbocycles. The Morgan fingerprint density at radius 3 is 2.48 bits per heavy atom. The van der Waals surface area contributed by atoms with E-state index in [2.05, 4.69) is 16.0 Å². The smallest absolute Gasteiger partial charge is 0.305 e. The van der Waals surface area contributed by atoms with Gasteiger partial charge in [0.25, 0.3) is 0 Å². The van der Waals surface area contributed by atoms with Crippen LogP contribution in [0, 0.1) is 0 Å². The standard InChI is InChI=1S/C25H40N2O2/c28-25-15-6-4-2-1-3-5-9-18-27(20-11-21-29-25)19-10-12-22-16-17-26-24-14-8-7-13-23(22)24/h16-17H,1-15,18-21H2. The number of nitrogens with zero attached hydrogens (tertiary/aromatic N) is 2. The van der Waals surface area contributed by atoms with Gasteiger partial charge in [-0.2, -0.15) is 0 Å². The minimum atomic E-state index is -0.00566. The van der Waals surface area contributed by atoms with Crippen LogP contribution in [0.4, 0.5) is 0 Å². The van der Waals surface area contributed by atoms with Gasteiger partial charge in [-0.25, -0.2) is 0 Å². The number of hydrogen-bond acceptors (Lipinski definition) is 4. The van der Waals surface area contributed by atoms with Crippen molar-refractivity contribution in [3.05, 3.63) is 29.1 Å². The molecule has 0 unspecified atom stereocenters. The Labute approximate surface area is 177 Å². The summed E-state index contributed by atoms with van der Waals surface area (Å²) in [5, 5.41) is 0. The summed E-state index contributed by atoms with van der Waals surface area (Å²) in [5.41, 5.74) is 4.43. The van der Waals surface area contributed by atoms with Crippen molar-refractivity contribution in [3.8, 4) is 0 Å². The summed E-state index contributed by atoms with van der Waals surface area (Å²) in [6.07, 6.45) is 19.6. The van der Waals surface area contributed by atoms with Crippen molar-refractivity contribution in [2.45, 2.75) is 96.3 Å². The first-order chi connectivity index (χ1) is 14.3. The van der Waals surface area contributed by atoms with Crippen LogP contribution in [0.5, 0.6) is 0 Å². The second kappa shape index (κ2) is 13.0. The first kappa shape index (κ1) is 22.3. The molecule has 1 aromatic rings. The molecular formula is C25H40N2O2. The second-order valence-electron chi connectivity index (χ2n) is 8.85. The Morgan fingerprint density at radius 2 is 1.59 bits per heavy atom. The number of esters is 1. The molecule has 0 spiro atoms. The third-order valence-electron chi connectivity index (χ3n) is 6.49. The first-order valence-electron chi connectivity index (χ1n) is 12.2. The Balaban J connectivity index is 1.46. The number of carbonyl (C=O) groups is 1. The first-order valence-corrected chi connectivity index (χ1v) is 12.2. The van der Waals surface area contributed by atoms with Crippen LogP contribution in [0.2, 0.25) is 0 Å². The fourth-order valence-electron chi connectivity index (χ4n) is 4.79. The van der Waals surface area contributed by atoms with Crippen molar-refractivity contribution < 1.29 is 9.53 Å². The second-order valence-corrected chi connectivity index (χ2v) is 8.85. The number of carbonyl (C=O) groups excluding carboxylic acids is 1. The van der Waals surface area contributed by atoms with Crippen LogP contribution in [0.25, 0.3) is 0 Å². The molecular weight excluding hydrogens is 360 g/mol. The van der Waals surface area contributed by atoms with Crippen LogP contribution < -0.4 is 0 Å². The zero-order valence-electron chi connectivity index (χ0n) is 18.3. The molecule has 0 N–H and O–H groups in total. The van der Waals surface area contributed by atoms with E-state index in [0.29, 0.717) is 13.0 Å². The SMILES string of the molecule is O=C1CCCCCCCCCN(CCCc2ccnc3c2CCCC3)CCCO1. The summed E-state index contributed by atoms with van der Waals surface area (Å²) < 4.78 is 5.43. The lowest BCUT2D eigenvalue weighted by Crippen LogP contribution is -2.28. The lowest BCUT2D eigenvalue weighted by molar-refractivity contribution is -0.144. The molecule has 3 rings (SSSR count). The minimum Gasteiger partial charge on any atom is -0.466 e. The number of ether oxygens (including phenoxy) is 1. The van der Waals surface area contributed by atoms with Crippen LogP contribution in [-0.4, -0.2) is 42.1 Å². The molecule has 0 bridgehead atoms. The van der Waals surface area contributed by atoms with Crippen LogP contribution in [-0.2, 0) is 28.8 Å². The Morgan fingerprint density at radius 1 is 0.862 bits per heavy atom. The summed E-state index contributed by atoms with van der Waals surface area (Å²) in [4.78, 5) is 19.0. The van der Waals surface area contributed by atoms with Gasteiger partial charge in [0.15, 0.2) is 0 Å². The Kier molecular flexibility index (Phi) is 9.98. The molecule has 2 heterocycles. The van der Waals surface area contributed by atoms with E-state index in [0.717, 1.165) is 38.8 Å². The molecule has 1 fully saturated rings. The molecule has 2 aliphatic rings. The number of aryl methyl sites for hydroxylation is 2. The molecule has 0 aromatic carbocycles. The number of aromatic nitrogens is 1. The molecule has 1 saturated heterocycles. The van der Waals surface area contributed by atoms with Gasteiger partial charge >= 0.3 is 5.97 Å². The summed E-state index contributed by atoms with van der Waals surface area (Å²) in [6.45, 7) is 3.95. The maximum absolute atomic E-state index is 11.8. The lowest BCUT2D eigenvalue weighted by Gasteiger charge is -2.23. The Hall–Kier alpha value is -1.42. The summed E-state index contributed by atoms with van der Waals surface area (Å²) in [6, 6.07) is 2.25. The molecule has 1 aromatic heterocycles. The van der Waals surface area contributed by atoms with Crippen molar-refractivity contribution in [1.29, 1.82) is 0 Å². The molecule has 0 amide bonds. The monoisotopic (exact) mass is 400 g/mol. The Bertz CT molecular complexity index is 617. The van der Waals surface area contributed by atoms with Crippen molar-refractivity contribution in [1.82, 2.24) is 9.88 Å². The normalized spacial score (nSPS) is 20.9. The van der Waals surface area contributed by atoms with Crippen molar-refractivity contribution in [2.24, 2.45) is 0 Å². The van der Waals surface area contributed by atoms with E-state index in [1.54, 1.807) is 5.56 Å². The van der Waals surface area contributed by atoms with Crippen molar-refractivity contribution in [3.63, 3.8) is 0 Å². The number of rotatable bonds is 4. The van der Waals surface area contributed by atoms with Gasteiger partial charge in [0, 0.05) is 24.9 Å². The average molecular weight is 401 g/mol. The fraction of sp³-hybridized carbons (Fsp3) is 0.760. The van der Waals surface area contributed by atoms with E-state index in [-0.39, 0.29) is 5.97 Å². The number of cyclic esters (lactones) is 1. The molecule has 162 valence electrons. The van der Waals surface area contributed by atoms with Gasteiger partial charge in [-0.15, -0.1) is 0 Å². The van der Waals surface area contributed by atoms with Gasteiger partial charge in [0.05, 0.1) is 6.61 Å².